The van der Waals surface area contributed by atoms with Crippen molar-refractivity contribution >= 4 is 5.91 Å². The molecule has 1 unspecified atom stereocenters. The van der Waals surface area contributed by atoms with Gasteiger partial charge >= 0.3 is 0 Å². The third-order valence-electron chi connectivity index (χ3n) is 4.35. The van der Waals surface area contributed by atoms with E-state index in [9.17, 15) is 4.79 Å². The van der Waals surface area contributed by atoms with E-state index in [0.717, 1.165) is 17.9 Å². The van der Waals surface area contributed by atoms with E-state index < -0.39 is 0 Å². The Labute approximate surface area is 168 Å². The van der Waals surface area contributed by atoms with Crippen molar-refractivity contribution in [3.63, 3.8) is 0 Å². The van der Waals surface area contributed by atoms with Gasteiger partial charge in [-0.3, -0.25) is 9.69 Å². The van der Waals surface area contributed by atoms with E-state index in [-0.39, 0.29) is 11.9 Å². The van der Waals surface area contributed by atoms with E-state index in [1.54, 1.807) is 7.11 Å². The zero-order valence-corrected chi connectivity index (χ0v) is 17.6. The predicted octanol–water partition coefficient (Wildman–Crippen LogP) is 4.04. The van der Waals surface area contributed by atoms with Crippen LogP contribution in [-0.2, 0) is 11.3 Å². The van der Waals surface area contributed by atoms with Crippen molar-refractivity contribution < 1.29 is 14.3 Å². The second-order valence-electron chi connectivity index (χ2n) is 7.56. The lowest BCUT2D eigenvalue weighted by molar-refractivity contribution is -0.122. The molecule has 2 rings (SSSR count). The van der Waals surface area contributed by atoms with Gasteiger partial charge in [-0.15, -0.1) is 0 Å². The number of likely N-dealkylation sites (N-methyl/N-ethyl adjacent to an activating group) is 1. The zero-order chi connectivity index (χ0) is 20.5. The van der Waals surface area contributed by atoms with Gasteiger partial charge in [0.2, 0.25) is 5.91 Å². The van der Waals surface area contributed by atoms with Gasteiger partial charge in [0.05, 0.1) is 26.3 Å². The second-order valence-corrected chi connectivity index (χ2v) is 7.56. The lowest BCUT2D eigenvalue weighted by atomic mass is 10.1. The Kier molecular flexibility index (Phi) is 8.33. The molecule has 0 fully saturated rings. The van der Waals surface area contributed by atoms with Crippen LogP contribution in [0.3, 0.4) is 0 Å². The first kappa shape index (κ1) is 21.8. The van der Waals surface area contributed by atoms with Gasteiger partial charge in [0, 0.05) is 6.54 Å². The van der Waals surface area contributed by atoms with E-state index in [4.69, 9.17) is 9.47 Å². The first-order chi connectivity index (χ1) is 13.4. The van der Waals surface area contributed by atoms with Crippen molar-refractivity contribution in [3.05, 3.63) is 59.7 Å². The number of ether oxygens (including phenoxy) is 2. The topological polar surface area (TPSA) is 50.8 Å². The summed E-state index contributed by atoms with van der Waals surface area (Å²) < 4.78 is 11.3. The van der Waals surface area contributed by atoms with Crippen LogP contribution in [0.5, 0.6) is 11.5 Å². The minimum Gasteiger partial charge on any atom is -0.493 e. The Bertz CT molecular complexity index is 747. The lowest BCUT2D eigenvalue weighted by Crippen LogP contribution is -2.36. The molecule has 0 saturated heterocycles. The van der Waals surface area contributed by atoms with Crippen molar-refractivity contribution in [1.29, 1.82) is 0 Å². The van der Waals surface area contributed by atoms with E-state index in [1.807, 2.05) is 55.3 Å². The summed E-state index contributed by atoms with van der Waals surface area (Å²) in [7, 11) is 3.57. The fourth-order valence-corrected chi connectivity index (χ4v) is 2.90. The molecule has 1 atom stereocenters. The molecule has 0 saturated carbocycles. The molecule has 2 aromatic carbocycles. The summed E-state index contributed by atoms with van der Waals surface area (Å²) in [5, 5.41) is 3.06. The number of carbonyl (C=O) groups is 1. The molecule has 1 N–H and O–H groups in total. The van der Waals surface area contributed by atoms with Crippen LogP contribution in [0.15, 0.2) is 48.5 Å². The molecule has 0 heterocycles. The molecule has 0 aromatic heterocycles. The van der Waals surface area contributed by atoms with Gasteiger partial charge in [-0.1, -0.05) is 50.2 Å². The van der Waals surface area contributed by atoms with Crippen molar-refractivity contribution in [2.24, 2.45) is 5.92 Å². The quantitative estimate of drug-likeness (QED) is 0.672. The maximum atomic E-state index is 12.4. The van der Waals surface area contributed by atoms with Crippen molar-refractivity contribution in [2.45, 2.75) is 33.4 Å². The SMILES string of the molecule is COc1cc(C(C)NC(=O)CN(C)Cc2ccccc2)ccc1OCC(C)C. The highest BCUT2D eigenvalue weighted by Crippen LogP contribution is 2.30. The lowest BCUT2D eigenvalue weighted by Gasteiger charge is -2.20. The van der Waals surface area contributed by atoms with Crippen LogP contribution in [0.1, 0.15) is 37.9 Å². The summed E-state index contributed by atoms with van der Waals surface area (Å²) in [6.07, 6.45) is 0. The average Bonchev–Trinajstić information content (AvgIpc) is 2.66. The van der Waals surface area contributed by atoms with E-state index in [2.05, 4.69) is 31.3 Å². The first-order valence-electron chi connectivity index (χ1n) is 9.71. The summed E-state index contributed by atoms with van der Waals surface area (Å²) in [4.78, 5) is 14.4. The number of nitrogens with one attached hydrogen (secondary N) is 1. The molecular formula is C23H32N2O3. The summed E-state index contributed by atoms with van der Waals surface area (Å²) >= 11 is 0. The maximum Gasteiger partial charge on any atom is 0.234 e. The second kappa shape index (κ2) is 10.7. The van der Waals surface area contributed by atoms with Crippen LogP contribution < -0.4 is 14.8 Å². The largest absolute Gasteiger partial charge is 0.493 e. The molecule has 0 radical (unpaired) electrons. The van der Waals surface area contributed by atoms with E-state index >= 15 is 0 Å². The number of benzene rings is 2. The highest BCUT2D eigenvalue weighted by atomic mass is 16.5. The molecule has 0 aliphatic carbocycles. The fraction of sp³-hybridized carbons (Fsp3) is 0.435. The molecule has 0 aliphatic heterocycles. The summed E-state index contributed by atoms with van der Waals surface area (Å²) in [6.45, 7) is 7.89. The Morgan fingerprint density at radius 3 is 2.43 bits per heavy atom. The molecule has 0 aliphatic rings. The molecule has 2 aromatic rings. The van der Waals surface area contributed by atoms with Crippen LogP contribution in [0.25, 0.3) is 0 Å². The Morgan fingerprint density at radius 2 is 1.79 bits per heavy atom. The standard InChI is InChI=1S/C23H32N2O3/c1-17(2)16-28-21-12-11-20(13-22(21)27-5)18(3)24-23(26)15-25(4)14-19-9-7-6-8-10-19/h6-13,17-18H,14-16H2,1-5H3,(H,24,26). The third-order valence-corrected chi connectivity index (χ3v) is 4.35. The van der Waals surface area contributed by atoms with Crippen LogP contribution in [0.2, 0.25) is 0 Å². The van der Waals surface area contributed by atoms with Gasteiger partial charge in [0.15, 0.2) is 11.5 Å². The van der Waals surface area contributed by atoms with Gasteiger partial charge in [0.1, 0.15) is 0 Å². The van der Waals surface area contributed by atoms with Crippen molar-refractivity contribution in [2.75, 3.05) is 27.3 Å². The fourth-order valence-electron chi connectivity index (χ4n) is 2.90. The first-order valence-corrected chi connectivity index (χ1v) is 9.71. The molecule has 0 spiro atoms. The van der Waals surface area contributed by atoms with Crippen molar-refractivity contribution in [3.8, 4) is 11.5 Å². The Balaban J connectivity index is 1.92. The van der Waals surface area contributed by atoms with Crippen LogP contribution >= 0.6 is 0 Å². The number of hydrogen-bond acceptors (Lipinski definition) is 4. The molecule has 0 bridgehead atoms. The molecule has 28 heavy (non-hydrogen) atoms. The van der Waals surface area contributed by atoms with Gasteiger partial charge in [0.25, 0.3) is 0 Å². The zero-order valence-electron chi connectivity index (χ0n) is 17.6. The average molecular weight is 385 g/mol. The molecular weight excluding hydrogens is 352 g/mol. The van der Waals surface area contributed by atoms with Gasteiger partial charge < -0.3 is 14.8 Å². The third kappa shape index (κ3) is 6.89. The smallest absolute Gasteiger partial charge is 0.234 e. The summed E-state index contributed by atoms with van der Waals surface area (Å²) in [6, 6.07) is 15.8. The number of amides is 1. The summed E-state index contributed by atoms with van der Waals surface area (Å²) in [5.41, 5.74) is 2.17. The monoisotopic (exact) mass is 384 g/mol. The molecule has 5 nitrogen and oxygen atoms in total. The maximum absolute atomic E-state index is 12.4. The minimum absolute atomic E-state index is 0.00923. The number of carbonyl (C=O) groups excluding carboxylic acids is 1. The predicted molar refractivity (Wildman–Crippen MR) is 113 cm³/mol. The molecule has 5 heteroatoms. The normalized spacial score (nSPS) is 12.1. The molecule has 1 amide bonds. The Morgan fingerprint density at radius 1 is 1.07 bits per heavy atom. The highest BCUT2D eigenvalue weighted by molar-refractivity contribution is 5.78. The van der Waals surface area contributed by atoms with Crippen LogP contribution in [0, 0.1) is 5.92 Å². The number of rotatable bonds is 10. The minimum atomic E-state index is -0.120. The summed E-state index contributed by atoms with van der Waals surface area (Å²) in [5.74, 6) is 1.84. The van der Waals surface area contributed by atoms with E-state index in [1.165, 1.54) is 5.56 Å². The van der Waals surface area contributed by atoms with Gasteiger partial charge in [-0.25, -0.2) is 0 Å². The van der Waals surface area contributed by atoms with Crippen LogP contribution in [-0.4, -0.2) is 38.1 Å². The number of methoxy groups -OCH3 is 1. The van der Waals surface area contributed by atoms with Crippen LogP contribution in [0.4, 0.5) is 0 Å². The van der Waals surface area contributed by atoms with Crippen molar-refractivity contribution in [1.82, 2.24) is 10.2 Å². The van der Waals surface area contributed by atoms with Gasteiger partial charge in [-0.05, 0) is 43.1 Å². The van der Waals surface area contributed by atoms with Gasteiger partial charge in [-0.2, -0.15) is 0 Å². The molecule has 152 valence electrons. The number of nitrogens with zero attached hydrogens (tertiary/aromatic N) is 1. The number of hydrogen-bond donors (Lipinski definition) is 1. The Hall–Kier alpha value is -2.53. The highest BCUT2D eigenvalue weighted by Gasteiger charge is 2.14. The van der Waals surface area contributed by atoms with E-state index in [0.29, 0.717) is 24.8 Å².